The van der Waals surface area contributed by atoms with Gasteiger partial charge in [0.05, 0.1) is 11.4 Å². The largest absolute Gasteiger partial charge is 0.353 e. The van der Waals surface area contributed by atoms with Crippen molar-refractivity contribution in [2.45, 2.75) is 31.2 Å². The van der Waals surface area contributed by atoms with Crippen molar-refractivity contribution in [3.05, 3.63) is 35.7 Å². The van der Waals surface area contributed by atoms with Gasteiger partial charge in [-0.3, -0.25) is 4.79 Å². The molecule has 0 saturated carbocycles. The highest BCUT2D eigenvalue weighted by molar-refractivity contribution is 8.01. The highest BCUT2D eigenvalue weighted by Gasteiger charge is 2.12. The number of nitrogens with one attached hydrogen (secondary N) is 1. The first kappa shape index (κ1) is 16.0. The zero-order chi connectivity index (χ0) is 15.2. The number of hydrogen-bond acceptors (Lipinski definition) is 4. The summed E-state index contributed by atoms with van der Waals surface area (Å²) in [6, 6.07) is 10.3. The third-order valence-electron chi connectivity index (χ3n) is 3.27. The van der Waals surface area contributed by atoms with Crippen molar-refractivity contribution < 1.29 is 4.79 Å². The first-order valence-electron chi connectivity index (χ1n) is 6.99. The minimum atomic E-state index is 0.0673. The standard InChI is InChI=1S/C16H20N2OS2/c1-11(2)12(3)17-15(19)10-21-16-18-14(9-20-16)13-7-5-4-6-8-13/h4-9,11-12H,10H2,1-3H3,(H,17,19)/t12-/m1/s1. The van der Waals surface area contributed by atoms with Crippen molar-refractivity contribution in [3.63, 3.8) is 0 Å². The van der Waals surface area contributed by atoms with E-state index in [1.807, 2.05) is 42.6 Å². The number of amides is 1. The average Bonchev–Trinajstić information content (AvgIpc) is 2.95. The van der Waals surface area contributed by atoms with Crippen LogP contribution in [0.25, 0.3) is 11.3 Å². The van der Waals surface area contributed by atoms with E-state index in [2.05, 4.69) is 24.1 Å². The Bertz CT molecular complexity index is 581. The second-order valence-electron chi connectivity index (χ2n) is 5.25. The van der Waals surface area contributed by atoms with Crippen LogP contribution in [-0.2, 0) is 4.79 Å². The molecule has 0 bridgehead atoms. The van der Waals surface area contributed by atoms with Crippen LogP contribution in [0.15, 0.2) is 40.1 Å². The van der Waals surface area contributed by atoms with Crippen molar-refractivity contribution in [2.75, 3.05) is 5.75 Å². The lowest BCUT2D eigenvalue weighted by atomic mass is 10.1. The Morgan fingerprint density at radius 2 is 2.00 bits per heavy atom. The van der Waals surface area contributed by atoms with Gasteiger partial charge in [-0.05, 0) is 12.8 Å². The van der Waals surface area contributed by atoms with Crippen LogP contribution in [0, 0.1) is 5.92 Å². The van der Waals surface area contributed by atoms with E-state index in [1.54, 1.807) is 11.3 Å². The second kappa shape index (κ2) is 7.61. The van der Waals surface area contributed by atoms with Crippen LogP contribution in [-0.4, -0.2) is 22.7 Å². The first-order chi connectivity index (χ1) is 10.1. The van der Waals surface area contributed by atoms with Crippen molar-refractivity contribution in [1.29, 1.82) is 0 Å². The van der Waals surface area contributed by atoms with Gasteiger partial charge >= 0.3 is 0 Å². The predicted octanol–water partition coefficient (Wildman–Crippen LogP) is 4.06. The fraction of sp³-hybridized carbons (Fsp3) is 0.375. The zero-order valence-electron chi connectivity index (χ0n) is 12.5. The van der Waals surface area contributed by atoms with Crippen molar-refractivity contribution in [3.8, 4) is 11.3 Å². The predicted molar refractivity (Wildman–Crippen MR) is 90.7 cm³/mol. The Hall–Kier alpha value is -1.33. The number of rotatable bonds is 6. The molecular formula is C16H20N2OS2. The van der Waals surface area contributed by atoms with E-state index in [0.29, 0.717) is 11.7 Å². The molecule has 3 nitrogen and oxygen atoms in total. The summed E-state index contributed by atoms with van der Waals surface area (Å²) in [4.78, 5) is 16.4. The Morgan fingerprint density at radius 3 is 2.67 bits per heavy atom. The Balaban J connectivity index is 1.87. The molecule has 2 aromatic rings. The molecule has 0 aliphatic heterocycles. The topological polar surface area (TPSA) is 42.0 Å². The number of nitrogens with zero attached hydrogens (tertiary/aromatic N) is 1. The number of aromatic nitrogens is 1. The second-order valence-corrected chi connectivity index (χ2v) is 7.33. The Labute approximate surface area is 134 Å². The van der Waals surface area contributed by atoms with Gasteiger partial charge in [-0.15, -0.1) is 11.3 Å². The SMILES string of the molecule is CC(C)[C@@H](C)NC(=O)CSc1nc(-c2ccccc2)cs1. The molecule has 1 heterocycles. The number of carbonyl (C=O) groups is 1. The zero-order valence-corrected chi connectivity index (χ0v) is 14.1. The third kappa shape index (κ3) is 4.86. The van der Waals surface area contributed by atoms with E-state index < -0.39 is 0 Å². The maximum Gasteiger partial charge on any atom is 0.230 e. The van der Waals surface area contributed by atoms with E-state index in [0.717, 1.165) is 15.6 Å². The summed E-state index contributed by atoms with van der Waals surface area (Å²) < 4.78 is 0.932. The van der Waals surface area contributed by atoms with E-state index in [-0.39, 0.29) is 11.9 Å². The number of hydrogen-bond donors (Lipinski definition) is 1. The summed E-state index contributed by atoms with van der Waals surface area (Å²) in [5.41, 5.74) is 2.08. The average molecular weight is 320 g/mol. The maximum atomic E-state index is 11.9. The quantitative estimate of drug-likeness (QED) is 0.816. The first-order valence-corrected chi connectivity index (χ1v) is 8.86. The molecule has 2 rings (SSSR count). The van der Waals surface area contributed by atoms with Gasteiger partial charge in [0, 0.05) is 17.0 Å². The van der Waals surface area contributed by atoms with Crippen LogP contribution in [0.3, 0.4) is 0 Å². The molecule has 0 saturated heterocycles. The summed E-state index contributed by atoms with van der Waals surface area (Å²) >= 11 is 3.08. The van der Waals surface area contributed by atoms with Crippen LogP contribution in [0.4, 0.5) is 0 Å². The molecule has 0 aliphatic rings. The van der Waals surface area contributed by atoms with Gasteiger partial charge in [0.25, 0.3) is 0 Å². The molecule has 1 aromatic heterocycles. The highest BCUT2D eigenvalue weighted by Crippen LogP contribution is 2.27. The summed E-state index contributed by atoms with van der Waals surface area (Å²) in [6.45, 7) is 6.24. The molecule has 0 unspecified atom stereocenters. The summed E-state index contributed by atoms with van der Waals surface area (Å²) in [5, 5.41) is 5.04. The van der Waals surface area contributed by atoms with Gasteiger partial charge in [-0.25, -0.2) is 4.98 Å². The van der Waals surface area contributed by atoms with Crippen molar-refractivity contribution >= 4 is 29.0 Å². The third-order valence-corrected chi connectivity index (χ3v) is 5.29. The van der Waals surface area contributed by atoms with Gasteiger partial charge in [-0.1, -0.05) is 55.9 Å². The lowest BCUT2D eigenvalue weighted by Gasteiger charge is -2.16. The maximum absolute atomic E-state index is 11.9. The van der Waals surface area contributed by atoms with Gasteiger partial charge in [0.2, 0.25) is 5.91 Å². The van der Waals surface area contributed by atoms with Crippen molar-refractivity contribution in [1.82, 2.24) is 10.3 Å². The minimum absolute atomic E-state index is 0.0673. The molecule has 21 heavy (non-hydrogen) atoms. The molecule has 1 amide bonds. The van der Waals surface area contributed by atoms with E-state index in [1.165, 1.54) is 11.8 Å². The molecule has 0 fully saturated rings. The van der Waals surface area contributed by atoms with Crippen LogP contribution in [0.1, 0.15) is 20.8 Å². The molecule has 112 valence electrons. The molecule has 5 heteroatoms. The Kier molecular flexibility index (Phi) is 5.82. The van der Waals surface area contributed by atoms with Crippen LogP contribution < -0.4 is 5.32 Å². The molecule has 1 atom stereocenters. The number of benzene rings is 1. The van der Waals surface area contributed by atoms with Gasteiger partial charge in [0.1, 0.15) is 0 Å². The smallest absolute Gasteiger partial charge is 0.230 e. The molecule has 0 spiro atoms. The van der Waals surface area contributed by atoms with Crippen LogP contribution in [0.5, 0.6) is 0 Å². The van der Waals surface area contributed by atoms with Crippen LogP contribution in [0.2, 0.25) is 0 Å². The van der Waals surface area contributed by atoms with E-state index >= 15 is 0 Å². The lowest BCUT2D eigenvalue weighted by molar-refractivity contribution is -0.119. The summed E-state index contributed by atoms with van der Waals surface area (Å²) in [7, 11) is 0. The van der Waals surface area contributed by atoms with Crippen molar-refractivity contribution in [2.24, 2.45) is 5.92 Å². The molecular weight excluding hydrogens is 300 g/mol. The summed E-state index contributed by atoms with van der Waals surface area (Å²) in [6.07, 6.45) is 0. The number of thioether (sulfide) groups is 1. The number of thiazole rings is 1. The fourth-order valence-corrected chi connectivity index (χ4v) is 3.30. The lowest BCUT2D eigenvalue weighted by Crippen LogP contribution is -2.37. The van der Waals surface area contributed by atoms with Gasteiger partial charge < -0.3 is 5.32 Å². The van der Waals surface area contributed by atoms with E-state index in [9.17, 15) is 4.79 Å². The van der Waals surface area contributed by atoms with Gasteiger partial charge in [-0.2, -0.15) is 0 Å². The molecule has 0 radical (unpaired) electrons. The minimum Gasteiger partial charge on any atom is -0.353 e. The fourth-order valence-electron chi connectivity index (χ4n) is 1.65. The highest BCUT2D eigenvalue weighted by atomic mass is 32.2. The normalized spacial score (nSPS) is 12.4. The molecule has 1 N–H and O–H groups in total. The Morgan fingerprint density at radius 1 is 1.29 bits per heavy atom. The van der Waals surface area contributed by atoms with Gasteiger partial charge in [0.15, 0.2) is 4.34 Å². The monoisotopic (exact) mass is 320 g/mol. The van der Waals surface area contributed by atoms with E-state index in [4.69, 9.17) is 0 Å². The molecule has 0 aliphatic carbocycles. The number of carbonyl (C=O) groups excluding carboxylic acids is 1. The summed E-state index contributed by atoms with van der Waals surface area (Å²) in [5.74, 6) is 0.930. The van der Waals surface area contributed by atoms with Crippen LogP contribution >= 0.6 is 23.1 Å². The molecule has 1 aromatic carbocycles.